The van der Waals surface area contributed by atoms with Crippen LogP contribution in [-0.4, -0.2) is 32.6 Å². The highest BCUT2D eigenvalue weighted by atomic mass is 16.5. The van der Waals surface area contributed by atoms with Gasteiger partial charge in [0.15, 0.2) is 5.82 Å². The smallest absolute Gasteiger partial charge is 0.158 e. The lowest BCUT2D eigenvalue weighted by Crippen LogP contribution is -2.21. The summed E-state index contributed by atoms with van der Waals surface area (Å²) >= 11 is 0. The number of nitrogens with zero attached hydrogens (tertiary/aromatic N) is 3. The standard InChI is InChI=1S/C9H15N3O2/c1-2-12-9(10-6-11-12)8(13)7-4-3-5-14-7/h6-8,13H,2-5H2,1H3. The van der Waals surface area contributed by atoms with Crippen molar-refractivity contribution in [2.24, 2.45) is 0 Å². The van der Waals surface area contributed by atoms with Gasteiger partial charge < -0.3 is 9.84 Å². The zero-order chi connectivity index (χ0) is 9.97. The van der Waals surface area contributed by atoms with E-state index in [2.05, 4.69) is 10.1 Å². The van der Waals surface area contributed by atoms with E-state index in [4.69, 9.17) is 4.74 Å². The Morgan fingerprint density at radius 1 is 1.79 bits per heavy atom. The molecule has 1 saturated heterocycles. The van der Waals surface area contributed by atoms with Crippen LogP contribution < -0.4 is 0 Å². The van der Waals surface area contributed by atoms with Crippen LogP contribution in [0.25, 0.3) is 0 Å². The van der Waals surface area contributed by atoms with E-state index in [0.717, 1.165) is 26.0 Å². The average molecular weight is 197 g/mol. The molecule has 1 aromatic rings. The highest BCUT2D eigenvalue weighted by molar-refractivity contribution is 4.94. The second kappa shape index (κ2) is 4.06. The number of rotatable bonds is 3. The summed E-state index contributed by atoms with van der Waals surface area (Å²) in [6.07, 6.45) is 2.64. The molecular weight excluding hydrogens is 182 g/mol. The van der Waals surface area contributed by atoms with Gasteiger partial charge in [-0.25, -0.2) is 9.67 Å². The fourth-order valence-corrected chi connectivity index (χ4v) is 1.76. The predicted molar refractivity (Wildman–Crippen MR) is 49.6 cm³/mol. The maximum atomic E-state index is 9.97. The molecule has 1 aliphatic heterocycles. The highest BCUT2D eigenvalue weighted by Crippen LogP contribution is 2.25. The molecule has 2 rings (SSSR count). The zero-order valence-electron chi connectivity index (χ0n) is 8.26. The largest absolute Gasteiger partial charge is 0.382 e. The first-order chi connectivity index (χ1) is 6.83. The van der Waals surface area contributed by atoms with Crippen LogP contribution in [0.2, 0.25) is 0 Å². The first kappa shape index (κ1) is 9.61. The first-order valence-corrected chi connectivity index (χ1v) is 5.00. The maximum Gasteiger partial charge on any atom is 0.158 e. The summed E-state index contributed by atoms with van der Waals surface area (Å²) in [4.78, 5) is 4.05. The molecule has 0 aliphatic carbocycles. The Labute approximate surface area is 82.7 Å². The molecular formula is C9H15N3O2. The normalized spacial score (nSPS) is 24.0. The second-order valence-corrected chi connectivity index (χ2v) is 3.43. The van der Waals surface area contributed by atoms with E-state index < -0.39 is 6.10 Å². The molecule has 1 fully saturated rings. The Morgan fingerprint density at radius 2 is 2.64 bits per heavy atom. The molecule has 14 heavy (non-hydrogen) atoms. The number of hydrogen-bond donors (Lipinski definition) is 1. The molecule has 1 N–H and O–H groups in total. The van der Waals surface area contributed by atoms with Crippen molar-refractivity contribution in [2.45, 2.75) is 38.5 Å². The lowest BCUT2D eigenvalue weighted by Gasteiger charge is -2.16. The minimum absolute atomic E-state index is 0.107. The third-order valence-corrected chi connectivity index (χ3v) is 2.53. The van der Waals surface area contributed by atoms with E-state index in [1.165, 1.54) is 6.33 Å². The van der Waals surface area contributed by atoms with E-state index in [1.807, 2.05) is 6.92 Å². The summed E-state index contributed by atoms with van der Waals surface area (Å²) in [5.74, 6) is 0.611. The molecule has 0 bridgehead atoms. The van der Waals surface area contributed by atoms with Crippen molar-refractivity contribution < 1.29 is 9.84 Å². The van der Waals surface area contributed by atoms with Gasteiger partial charge in [0.05, 0.1) is 6.10 Å². The number of ether oxygens (including phenoxy) is 1. The first-order valence-electron chi connectivity index (χ1n) is 5.00. The van der Waals surface area contributed by atoms with Crippen LogP contribution in [0.3, 0.4) is 0 Å². The Hall–Kier alpha value is -0.940. The predicted octanol–water partition coefficient (Wildman–Crippen LogP) is 0.510. The van der Waals surface area contributed by atoms with Crippen molar-refractivity contribution in [1.82, 2.24) is 14.8 Å². The van der Waals surface area contributed by atoms with Gasteiger partial charge in [-0.05, 0) is 19.8 Å². The van der Waals surface area contributed by atoms with Crippen LogP contribution in [0.1, 0.15) is 31.7 Å². The molecule has 0 radical (unpaired) electrons. The molecule has 1 aliphatic rings. The topological polar surface area (TPSA) is 60.2 Å². The fraction of sp³-hybridized carbons (Fsp3) is 0.778. The van der Waals surface area contributed by atoms with E-state index in [0.29, 0.717) is 5.82 Å². The summed E-state index contributed by atoms with van der Waals surface area (Å²) in [6.45, 7) is 3.43. The average Bonchev–Trinajstić information content (AvgIpc) is 2.87. The Bertz CT molecular complexity index is 294. The van der Waals surface area contributed by atoms with Gasteiger partial charge in [-0.15, -0.1) is 0 Å². The van der Waals surface area contributed by atoms with Crippen LogP contribution in [0.15, 0.2) is 6.33 Å². The van der Waals surface area contributed by atoms with Crippen molar-refractivity contribution in [3.63, 3.8) is 0 Å². The summed E-state index contributed by atoms with van der Waals surface area (Å²) < 4.78 is 7.11. The number of aromatic nitrogens is 3. The van der Waals surface area contributed by atoms with Crippen LogP contribution >= 0.6 is 0 Å². The third-order valence-electron chi connectivity index (χ3n) is 2.53. The Morgan fingerprint density at radius 3 is 3.29 bits per heavy atom. The van der Waals surface area contributed by atoms with E-state index in [9.17, 15) is 5.11 Å². The summed E-state index contributed by atoms with van der Waals surface area (Å²) in [5, 5.41) is 14.0. The van der Waals surface area contributed by atoms with Crippen LogP contribution in [-0.2, 0) is 11.3 Å². The third kappa shape index (κ3) is 1.65. The number of aryl methyl sites for hydroxylation is 1. The molecule has 2 heterocycles. The van der Waals surface area contributed by atoms with Gasteiger partial charge in [0.1, 0.15) is 12.4 Å². The van der Waals surface area contributed by atoms with Gasteiger partial charge >= 0.3 is 0 Å². The molecule has 5 nitrogen and oxygen atoms in total. The van der Waals surface area contributed by atoms with Crippen molar-refractivity contribution in [2.75, 3.05) is 6.61 Å². The van der Waals surface area contributed by atoms with E-state index >= 15 is 0 Å². The monoisotopic (exact) mass is 197 g/mol. The van der Waals surface area contributed by atoms with Crippen molar-refractivity contribution in [1.29, 1.82) is 0 Å². The summed E-state index contributed by atoms with van der Waals surface area (Å²) in [6, 6.07) is 0. The van der Waals surface area contributed by atoms with E-state index in [-0.39, 0.29) is 6.10 Å². The van der Waals surface area contributed by atoms with Gasteiger partial charge in [-0.2, -0.15) is 5.10 Å². The number of aliphatic hydroxyl groups is 1. The molecule has 2 unspecified atom stereocenters. The molecule has 0 amide bonds. The molecule has 2 atom stereocenters. The van der Waals surface area contributed by atoms with Gasteiger partial charge in [-0.3, -0.25) is 0 Å². The number of hydrogen-bond acceptors (Lipinski definition) is 4. The van der Waals surface area contributed by atoms with Gasteiger partial charge in [0.25, 0.3) is 0 Å². The molecule has 0 spiro atoms. The SMILES string of the molecule is CCn1ncnc1C(O)C1CCCO1. The number of aliphatic hydroxyl groups excluding tert-OH is 1. The maximum absolute atomic E-state index is 9.97. The molecule has 5 heteroatoms. The van der Waals surface area contributed by atoms with Gasteiger partial charge in [0.2, 0.25) is 0 Å². The lowest BCUT2D eigenvalue weighted by atomic mass is 10.1. The van der Waals surface area contributed by atoms with Crippen molar-refractivity contribution in [3.8, 4) is 0 Å². The van der Waals surface area contributed by atoms with E-state index in [1.54, 1.807) is 4.68 Å². The summed E-state index contributed by atoms with van der Waals surface area (Å²) in [7, 11) is 0. The van der Waals surface area contributed by atoms with Gasteiger partial charge in [0, 0.05) is 13.2 Å². The Kier molecular flexibility index (Phi) is 2.79. The minimum Gasteiger partial charge on any atom is -0.382 e. The minimum atomic E-state index is -0.639. The molecule has 0 aromatic carbocycles. The fourth-order valence-electron chi connectivity index (χ4n) is 1.76. The highest BCUT2D eigenvalue weighted by Gasteiger charge is 2.28. The van der Waals surface area contributed by atoms with Crippen LogP contribution in [0, 0.1) is 0 Å². The van der Waals surface area contributed by atoms with Crippen molar-refractivity contribution in [3.05, 3.63) is 12.2 Å². The van der Waals surface area contributed by atoms with Crippen LogP contribution in [0.5, 0.6) is 0 Å². The molecule has 78 valence electrons. The zero-order valence-corrected chi connectivity index (χ0v) is 8.26. The Balaban J connectivity index is 2.12. The lowest BCUT2D eigenvalue weighted by molar-refractivity contribution is -0.00910. The van der Waals surface area contributed by atoms with Crippen LogP contribution in [0.4, 0.5) is 0 Å². The van der Waals surface area contributed by atoms with Gasteiger partial charge in [-0.1, -0.05) is 0 Å². The molecule has 1 aromatic heterocycles. The van der Waals surface area contributed by atoms with Crippen molar-refractivity contribution >= 4 is 0 Å². The summed E-state index contributed by atoms with van der Waals surface area (Å²) in [5.41, 5.74) is 0. The molecule has 0 saturated carbocycles. The quantitative estimate of drug-likeness (QED) is 0.767. The second-order valence-electron chi connectivity index (χ2n) is 3.43.